The summed E-state index contributed by atoms with van der Waals surface area (Å²) in [7, 11) is 2.01. The van der Waals surface area contributed by atoms with E-state index in [1.54, 1.807) is 11.3 Å². The van der Waals surface area contributed by atoms with E-state index in [4.69, 9.17) is 0 Å². The molecule has 3 heteroatoms. The van der Waals surface area contributed by atoms with Crippen molar-refractivity contribution in [2.24, 2.45) is 0 Å². The van der Waals surface area contributed by atoms with Crippen molar-refractivity contribution in [2.75, 3.05) is 7.05 Å². The Kier molecular flexibility index (Phi) is 4.15. The second kappa shape index (κ2) is 5.63. The molecule has 2 rings (SSSR count). The highest BCUT2D eigenvalue weighted by atomic mass is 32.1. The number of aryl methyl sites for hydroxylation is 3. The number of hydrogen-bond acceptors (Lipinski definition) is 3. The van der Waals surface area contributed by atoms with Gasteiger partial charge in [-0.05, 0) is 50.9 Å². The third-order valence-corrected chi connectivity index (χ3v) is 4.37. The van der Waals surface area contributed by atoms with Gasteiger partial charge in [0.25, 0.3) is 0 Å². The van der Waals surface area contributed by atoms with Gasteiger partial charge in [0.15, 0.2) is 0 Å². The standard InChI is InChI=1S/C15H20N2S/c1-10-5-6-13(7-11(10)2)8-14(16-4)15-9-17-12(3)18-15/h5-7,9,14,16H,8H2,1-4H3. The maximum atomic E-state index is 4.34. The summed E-state index contributed by atoms with van der Waals surface area (Å²) in [5.74, 6) is 0. The molecule has 18 heavy (non-hydrogen) atoms. The van der Waals surface area contributed by atoms with Crippen LogP contribution in [-0.2, 0) is 6.42 Å². The molecule has 0 radical (unpaired) electrons. The van der Waals surface area contributed by atoms with Crippen LogP contribution in [-0.4, -0.2) is 12.0 Å². The zero-order chi connectivity index (χ0) is 13.1. The van der Waals surface area contributed by atoms with E-state index in [1.807, 2.05) is 13.2 Å². The van der Waals surface area contributed by atoms with E-state index < -0.39 is 0 Å². The number of benzene rings is 1. The smallest absolute Gasteiger partial charge is 0.0897 e. The van der Waals surface area contributed by atoms with Gasteiger partial charge in [0.1, 0.15) is 0 Å². The Hall–Kier alpha value is -1.19. The van der Waals surface area contributed by atoms with Crippen molar-refractivity contribution >= 4 is 11.3 Å². The first-order valence-corrected chi connectivity index (χ1v) is 7.07. The van der Waals surface area contributed by atoms with Crippen LogP contribution in [0.2, 0.25) is 0 Å². The van der Waals surface area contributed by atoms with Crippen molar-refractivity contribution in [1.82, 2.24) is 10.3 Å². The third-order valence-electron chi connectivity index (χ3n) is 3.34. The first-order valence-electron chi connectivity index (χ1n) is 6.26. The monoisotopic (exact) mass is 260 g/mol. The highest BCUT2D eigenvalue weighted by molar-refractivity contribution is 7.11. The summed E-state index contributed by atoms with van der Waals surface area (Å²) < 4.78 is 0. The SMILES string of the molecule is CNC(Cc1ccc(C)c(C)c1)c1cnc(C)s1. The molecule has 2 nitrogen and oxygen atoms in total. The van der Waals surface area contributed by atoms with Crippen molar-refractivity contribution in [2.45, 2.75) is 33.2 Å². The zero-order valence-electron chi connectivity index (χ0n) is 11.4. The van der Waals surface area contributed by atoms with Gasteiger partial charge in [-0.15, -0.1) is 11.3 Å². The predicted molar refractivity (Wildman–Crippen MR) is 78.3 cm³/mol. The van der Waals surface area contributed by atoms with E-state index in [-0.39, 0.29) is 0 Å². The number of rotatable bonds is 4. The maximum Gasteiger partial charge on any atom is 0.0897 e. The number of aromatic nitrogens is 1. The minimum absolute atomic E-state index is 0.360. The second-order valence-corrected chi connectivity index (χ2v) is 6.01. The molecular weight excluding hydrogens is 240 g/mol. The summed E-state index contributed by atoms with van der Waals surface area (Å²) in [5.41, 5.74) is 4.10. The van der Waals surface area contributed by atoms with Crippen molar-refractivity contribution in [1.29, 1.82) is 0 Å². The number of nitrogens with one attached hydrogen (secondary N) is 1. The van der Waals surface area contributed by atoms with Crippen LogP contribution in [0, 0.1) is 20.8 Å². The average Bonchev–Trinajstić information content (AvgIpc) is 2.77. The first kappa shape index (κ1) is 13.2. The van der Waals surface area contributed by atoms with Crippen LogP contribution in [0.1, 0.15) is 32.6 Å². The van der Waals surface area contributed by atoms with Crippen LogP contribution in [0.5, 0.6) is 0 Å². The maximum absolute atomic E-state index is 4.34. The quantitative estimate of drug-likeness (QED) is 0.909. The van der Waals surface area contributed by atoms with Crippen LogP contribution in [0.4, 0.5) is 0 Å². The fourth-order valence-electron chi connectivity index (χ4n) is 2.05. The lowest BCUT2D eigenvalue weighted by atomic mass is 10.0. The molecule has 0 saturated heterocycles. The molecular formula is C15H20N2S. The van der Waals surface area contributed by atoms with Crippen molar-refractivity contribution in [3.63, 3.8) is 0 Å². The van der Waals surface area contributed by atoms with Crippen LogP contribution >= 0.6 is 11.3 Å². The summed E-state index contributed by atoms with van der Waals surface area (Å²) in [6.45, 7) is 6.38. The molecule has 96 valence electrons. The Balaban J connectivity index is 2.17. The lowest BCUT2D eigenvalue weighted by Gasteiger charge is -2.15. The molecule has 0 saturated carbocycles. The lowest BCUT2D eigenvalue weighted by molar-refractivity contribution is 0.601. The molecule has 1 N–H and O–H groups in total. The Morgan fingerprint density at radius 3 is 2.56 bits per heavy atom. The Bertz CT molecular complexity index is 531. The Morgan fingerprint density at radius 1 is 1.22 bits per heavy atom. The van der Waals surface area contributed by atoms with E-state index in [0.29, 0.717) is 6.04 Å². The van der Waals surface area contributed by atoms with Gasteiger partial charge in [-0.3, -0.25) is 0 Å². The molecule has 1 heterocycles. The summed E-state index contributed by atoms with van der Waals surface area (Å²) in [6, 6.07) is 7.07. The molecule has 0 aliphatic carbocycles. The van der Waals surface area contributed by atoms with Gasteiger partial charge in [0.05, 0.1) is 5.01 Å². The average molecular weight is 260 g/mol. The molecule has 0 spiro atoms. The Morgan fingerprint density at radius 2 is 2.00 bits per heavy atom. The van der Waals surface area contributed by atoms with Crippen molar-refractivity contribution in [3.8, 4) is 0 Å². The predicted octanol–water partition coefficient (Wildman–Crippen LogP) is 3.57. The summed E-state index contributed by atoms with van der Waals surface area (Å²) in [6.07, 6.45) is 3.00. The molecule has 2 aromatic rings. The van der Waals surface area contributed by atoms with Gasteiger partial charge in [-0.1, -0.05) is 18.2 Å². The normalized spacial score (nSPS) is 12.7. The molecule has 0 amide bonds. The summed E-state index contributed by atoms with van der Waals surface area (Å²) >= 11 is 1.77. The van der Waals surface area contributed by atoms with Gasteiger partial charge in [-0.25, -0.2) is 4.98 Å². The van der Waals surface area contributed by atoms with E-state index >= 15 is 0 Å². The van der Waals surface area contributed by atoms with Crippen LogP contribution < -0.4 is 5.32 Å². The topological polar surface area (TPSA) is 24.9 Å². The van der Waals surface area contributed by atoms with Gasteiger partial charge >= 0.3 is 0 Å². The van der Waals surface area contributed by atoms with Crippen LogP contribution in [0.3, 0.4) is 0 Å². The van der Waals surface area contributed by atoms with Crippen molar-refractivity contribution in [3.05, 3.63) is 51.0 Å². The second-order valence-electron chi connectivity index (χ2n) is 4.75. The van der Waals surface area contributed by atoms with E-state index in [9.17, 15) is 0 Å². The molecule has 0 fully saturated rings. The van der Waals surface area contributed by atoms with Crippen LogP contribution in [0.25, 0.3) is 0 Å². The van der Waals surface area contributed by atoms with E-state index in [0.717, 1.165) is 11.4 Å². The highest BCUT2D eigenvalue weighted by Gasteiger charge is 2.13. The third kappa shape index (κ3) is 2.98. The lowest BCUT2D eigenvalue weighted by Crippen LogP contribution is -2.17. The number of likely N-dealkylation sites (N-methyl/N-ethyl adjacent to an activating group) is 1. The minimum atomic E-state index is 0.360. The Labute approximate surface area is 113 Å². The number of nitrogens with zero attached hydrogens (tertiary/aromatic N) is 1. The van der Waals surface area contributed by atoms with Gasteiger partial charge in [-0.2, -0.15) is 0 Å². The summed E-state index contributed by atoms with van der Waals surface area (Å²) in [5, 5.41) is 4.51. The molecule has 1 atom stereocenters. The van der Waals surface area contributed by atoms with Crippen molar-refractivity contribution < 1.29 is 0 Å². The molecule has 0 aliphatic heterocycles. The molecule has 1 aromatic heterocycles. The molecule has 1 unspecified atom stereocenters. The largest absolute Gasteiger partial charge is 0.312 e. The zero-order valence-corrected chi connectivity index (χ0v) is 12.3. The molecule has 0 aliphatic rings. The minimum Gasteiger partial charge on any atom is -0.312 e. The van der Waals surface area contributed by atoms with Gasteiger partial charge in [0.2, 0.25) is 0 Å². The summed E-state index contributed by atoms with van der Waals surface area (Å²) in [4.78, 5) is 5.65. The molecule has 1 aromatic carbocycles. The fraction of sp³-hybridized carbons (Fsp3) is 0.400. The number of hydrogen-bond donors (Lipinski definition) is 1. The highest BCUT2D eigenvalue weighted by Crippen LogP contribution is 2.24. The van der Waals surface area contributed by atoms with E-state index in [2.05, 4.69) is 49.3 Å². The fourth-order valence-corrected chi connectivity index (χ4v) is 2.95. The van der Waals surface area contributed by atoms with Crippen LogP contribution in [0.15, 0.2) is 24.4 Å². The van der Waals surface area contributed by atoms with E-state index in [1.165, 1.54) is 21.6 Å². The first-order chi connectivity index (χ1) is 8.60. The number of thiazole rings is 1. The van der Waals surface area contributed by atoms with Gasteiger partial charge < -0.3 is 5.32 Å². The van der Waals surface area contributed by atoms with Gasteiger partial charge in [0, 0.05) is 17.1 Å². The molecule has 0 bridgehead atoms.